The Morgan fingerprint density at radius 2 is 2.30 bits per heavy atom. The standard InChI is InChI=1S/C15H18N4O3S/c1-4-22-15(21)11-8(2)10-12(16-7-17-13(10)23-11)18-9-5-6-19(3)14(9)20/h7,9H,4-6H2,1-3H3,(H,16,17,18). The van der Waals surface area contributed by atoms with Crippen molar-refractivity contribution in [1.29, 1.82) is 0 Å². The van der Waals surface area contributed by atoms with Gasteiger partial charge in [0.05, 0.1) is 12.0 Å². The van der Waals surface area contributed by atoms with Gasteiger partial charge in [0.15, 0.2) is 0 Å². The average Bonchev–Trinajstić information content (AvgIpc) is 3.03. The van der Waals surface area contributed by atoms with E-state index in [2.05, 4.69) is 15.3 Å². The van der Waals surface area contributed by atoms with Gasteiger partial charge in [0, 0.05) is 13.6 Å². The number of aryl methyl sites for hydroxylation is 1. The Kier molecular flexibility index (Phi) is 4.16. The minimum atomic E-state index is -0.351. The van der Waals surface area contributed by atoms with Crippen molar-refractivity contribution in [3.8, 4) is 0 Å². The van der Waals surface area contributed by atoms with Gasteiger partial charge in [-0.05, 0) is 25.8 Å². The summed E-state index contributed by atoms with van der Waals surface area (Å²) in [6.07, 6.45) is 2.17. The van der Waals surface area contributed by atoms with Crippen LogP contribution in [-0.2, 0) is 9.53 Å². The zero-order chi connectivity index (χ0) is 16.6. The molecule has 1 fully saturated rings. The number of hydrogen-bond acceptors (Lipinski definition) is 7. The van der Waals surface area contributed by atoms with Crippen LogP contribution in [0.25, 0.3) is 10.2 Å². The second-order valence-electron chi connectivity index (χ2n) is 5.42. The van der Waals surface area contributed by atoms with E-state index >= 15 is 0 Å². The molecule has 23 heavy (non-hydrogen) atoms. The number of aromatic nitrogens is 2. The summed E-state index contributed by atoms with van der Waals surface area (Å²) < 4.78 is 5.08. The highest BCUT2D eigenvalue weighted by molar-refractivity contribution is 7.20. The first kappa shape index (κ1) is 15.7. The molecule has 3 rings (SSSR count). The molecule has 1 unspecified atom stereocenters. The summed E-state index contributed by atoms with van der Waals surface area (Å²) in [5.41, 5.74) is 0.783. The second kappa shape index (κ2) is 6.11. The molecule has 2 aromatic heterocycles. The summed E-state index contributed by atoms with van der Waals surface area (Å²) >= 11 is 1.28. The Balaban J connectivity index is 1.98. The molecule has 3 heterocycles. The third-order valence-corrected chi connectivity index (χ3v) is 5.11. The Hall–Kier alpha value is -2.22. The number of anilines is 1. The van der Waals surface area contributed by atoms with Crippen LogP contribution in [0.4, 0.5) is 5.82 Å². The number of rotatable bonds is 4. The van der Waals surface area contributed by atoms with Gasteiger partial charge in [-0.15, -0.1) is 11.3 Å². The van der Waals surface area contributed by atoms with Crippen LogP contribution < -0.4 is 5.32 Å². The van der Waals surface area contributed by atoms with Gasteiger partial charge in [-0.1, -0.05) is 0 Å². The van der Waals surface area contributed by atoms with Gasteiger partial charge in [0.2, 0.25) is 5.91 Å². The lowest BCUT2D eigenvalue weighted by atomic mass is 10.2. The molecule has 0 bridgehead atoms. The van der Waals surface area contributed by atoms with Crippen molar-refractivity contribution < 1.29 is 14.3 Å². The maximum Gasteiger partial charge on any atom is 0.348 e. The van der Waals surface area contributed by atoms with Crippen LogP contribution in [-0.4, -0.2) is 53.0 Å². The number of carbonyl (C=O) groups is 2. The fourth-order valence-electron chi connectivity index (χ4n) is 2.69. The Morgan fingerprint density at radius 1 is 1.52 bits per heavy atom. The monoisotopic (exact) mass is 334 g/mol. The molecule has 0 saturated carbocycles. The van der Waals surface area contributed by atoms with Gasteiger partial charge in [-0.25, -0.2) is 14.8 Å². The van der Waals surface area contributed by atoms with Gasteiger partial charge in [-0.2, -0.15) is 0 Å². The molecule has 0 aliphatic carbocycles. The number of amides is 1. The predicted octanol–water partition coefficient (Wildman–Crippen LogP) is 1.82. The van der Waals surface area contributed by atoms with E-state index in [9.17, 15) is 9.59 Å². The topological polar surface area (TPSA) is 84.4 Å². The third-order valence-electron chi connectivity index (χ3n) is 3.93. The van der Waals surface area contributed by atoms with Crippen LogP contribution in [0.2, 0.25) is 0 Å². The third kappa shape index (κ3) is 2.74. The first-order valence-corrected chi connectivity index (χ1v) is 8.27. The molecule has 1 N–H and O–H groups in total. The first-order valence-electron chi connectivity index (χ1n) is 7.45. The van der Waals surface area contributed by atoms with Crippen LogP contribution >= 0.6 is 11.3 Å². The summed E-state index contributed by atoms with van der Waals surface area (Å²) in [6.45, 7) is 4.67. The number of likely N-dealkylation sites (tertiary alicyclic amines) is 1. The number of fused-ring (bicyclic) bond motifs is 1. The smallest absolute Gasteiger partial charge is 0.348 e. The molecular weight excluding hydrogens is 316 g/mol. The molecule has 1 saturated heterocycles. The lowest BCUT2D eigenvalue weighted by molar-refractivity contribution is -0.127. The number of nitrogens with zero attached hydrogens (tertiary/aromatic N) is 3. The Morgan fingerprint density at radius 3 is 2.96 bits per heavy atom. The predicted molar refractivity (Wildman–Crippen MR) is 87.8 cm³/mol. The Bertz CT molecular complexity index is 773. The summed E-state index contributed by atoms with van der Waals surface area (Å²) in [5.74, 6) is 0.291. The molecule has 122 valence electrons. The fraction of sp³-hybridized carbons (Fsp3) is 0.467. The first-order chi connectivity index (χ1) is 11.0. The molecule has 0 radical (unpaired) electrons. The molecule has 2 aromatic rings. The van der Waals surface area contributed by atoms with Crippen molar-refractivity contribution in [2.75, 3.05) is 25.5 Å². The van der Waals surface area contributed by atoms with Crippen LogP contribution in [0.15, 0.2) is 6.33 Å². The van der Waals surface area contributed by atoms with Gasteiger partial charge in [-0.3, -0.25) is 4.79 Å². The Labute approximate surface area is 137 Å². The summed E-state index contributed by atoms with van der Waals surface area (Å²) in [7, 11) is 1.79. The molecule has 0 aromatic carbocycles. The van der Waals surface area contributed by atoms with E-state index in [1.54, 1.807) is 18.9 Å². The van der Waals surface area contributed by atoms with Crippen LogP contribution in [0.3, 0.4) is 0 Å². The molecule has 8 heteroatoms. The van der Waals surface area contributed by atoms with Crippen molar-refractivity contribution in [3.05, 3.63) is 16.8 Å². The van der Waals surface area contributed by atoms with Crippen molar-refractivity contribution in [3.63, 3.8) is 0 Å². The van der Waals surface area contributed by atoms with Crippen molar-refractivity contribution in [2.24, 2.45) is 0 Å². The van der Waals surface area contributed by atoms with Crippen LogP contribution in [0.1, 0.15) is 28.6 Å². The van der Waals surface area contributed by atoms with E-state index in [0.717, 1.165) is 23.9 Å². The van der Waals surface area contributed by atoms with E-state index in [0.29, 0.717) is 22.1 Å². The minimum absolute atomic E-state index is 0.0512. The zero-order valence-corrected chi connectivity index (χ0v) is 14.1. The number of thiophene rings is 1. The number of carbonyl (C=O) groups excluding carboxylic acids is 2. The van der Waals surface area contributed by atoms with E-state index < -0.39 is 0 Å². The SMILES string of the molecule is CCOC(=O)c1sc2ncnc(NC3CCN(C)C3=O)c2c1C. The number of ether oxygens (including phenoxy) is 1. The minimum Gasteiger partial charge on any atom is -0.462 e. The number of hydrogen-bond donors (Lipinski definition) is 1. The highest BCUT2D eigenvalue weighted by atomic mass is 32.1. The maximum atomic E-state index is 12.1. The largest absolute Gasteiger partial charge is 0.462 e. The molecule has 1 aliphatic rings. The second-order valence-corrected chi connectivity index (χ2v) is 6.42. The summed E-state index contributed by atoms with van der Waals surface area (Å²) in [6, 6.07) is -0.288. The van der Waals surface area contributed by atoms with Gasteiger partial charge < -0.3 is 15.0 Å². The quantitative estimate of drug-likeness (QED) is 0.859. The lowest BCUT2D eigenvalue weighted by Crippen LogP contribution is -2.31. The number of likely N-dealkylation sites (N-methyl/N-ethyl adjacent to an activating group) is 1. The van der Waals surface area contributed by atoms with Crippen LogP contribution in [0, 0.1) is 6.92 Å². The molecule has 0 spiro atoms. The van der Waals surface area contributed by atoms with Crippen molar-refractivity contribution in [1.82, 2.24) is 14.9 Å². The average molecular weight is 334 g/mol. The van der Waals surface area contributed by atoms with Gasteiger partial charge in [0.1, 0.15) is 27.9 Å². The molecule has 1 amide bonds. The van der Waals surface area contributed by atoms with Gasteiger partial charge >= 0.3 is 5.97 Å². The zero-order valence-electron chi connectivity index (χ0n) is 13.3. The van der Waals surface area contributed by atoms with Crippen LogP contribution in [0.5, 0.6) is 0 Å². The molecule has 7 nitrogen and oxygen atoms in total. The molecular formula is C15H18N4O3S. The van der Waals surface area contributed by atoms with E-state index in [1.165, 1.54) is 17.7 Å². The highest BCUT2D eigenvalue weighted by Crippen LogP contribution is 2.34. The molecule has 1 atom stereocenters. The number of esters is 1. The molecule has 1 aliphatic heterocycles. The van der Waals surface area contributed by atoms with E-state index in [-0.39, 0.29) is 17.9 Å². The highest BCUT2D eigenvalue weighted by Gasteiger charge is 2.30. The van der Waals surface area contributed by atoms with E-state index in [4.69, 9.17) is 4.74 Å². The maximum absolute atomic E-state index is 12.1. The van der Waals surface area contributed by atoms with Crippen molar-refractivity contribution >= 4 is 39.2 Å². The fourth-order valence-corrected chi connectivity index (χ4v) is 3.74. The summed E-state index contributed by atoms with van der Waals surface area (Å²) in [5, 5.41) is 3.98. The van der Waals surface area contributed by atoms with Gasteiger partial charge in [0.25, 0.3) is 0 Å². The van der Waals surface area contributed by atoms with Crippen molar-refractivity contribution in [2.45, 2.75) is 26.3 Å². The normalized spacial score (nSPS) is 17.8. The van der Waals surface area contributed by atoms with E-state index in [1.807, 2.05) is 6.92 Å². The number of nitrogens with one attached hydrogen (secondary N) is 1. The summed E-state index contributed by atoms with van der Waals surface area (Å²) in [4.78, 5) is 35.6. The lowest BCUT2D eigenvalue weighted by Gasteiger charge is -2.13.